The van der Waals surface area contributed by atoms with Crippen molar-refractivity contribution in [2.45, 2.75) is 38.8 Å². The van der Waals surface area contributed by atoms with Crippen molar-refractivity contribution in [3.05, 3.63) is 71.3 Å². The fourth-order valence-corrected chi connectivity index (χ4v) is 4.36. The lowest BCUT2D eigenvalue weighted by Crippen LogP contribution is -2.53. The van der Waals surface area contributed by atoms with Crippen LogP contribution in [-0.4, -0.2) is 48.5 Å². The van der Waals surface area contributed by atoms with Crippen molar-refractivity contribution in [2.75, 3.05) is 26.7 Å². The maximum absolute atomic E-state index is 13.2. The molecule has 0 spiro atoms. The SMILES string of the molecule is COc1ccc(C2=CCN(C3CCCN(Cc4ccc(C)cc4)C3=O)CC2)cc1. The van der Waals surface area contributed by atoms with E-state index in [0.29, 0.717) is 0 Å². The number of hydrogen-bond donors (Lipinski definition) is 0. The number of amides is 1. The van der Waals surface area contributed by atoms with E-state index in [1.54, 1.807) is 7.11 Å². The summed E-state index contributed by atoms with van der Waals surface area (Å²) in [5, 5.41) is 0. The van der Waals surface area contributed by atoms with Crippen LogP contribution < -0.4 is 4.74 Å². The van der Waals surface area contributed by atoms with Crippen molar-refractivity contribution in [1.29, 1.82) is 0 Å². The third-order valence-electron chi connectivity index (χ3n) is 6.14. The Morgan fingerprint density at radius 1 is 1.03 bits per heavy atom. The topological polar surface area (TPSA) is 32.8 Å². The third-order valence-corrected chi connectivity index (χ3v) is 6.14. The van der Waals surface area contributed by atoms with Crippen molar-refractivity contribution < 1.29 is 9.53 Å². The average molecular weight is 391 g/mol. The summed E-state index contributed by atoms with van der Waals surface area (Å²) in [5.74, 6) is 1.17. The number of ether oxygens (including phenoxy) is 1. The maximum Gasteiger partial charge on any atom is 0.240 e. The Morgan fingerprint density at radius 2 is 1.79 bits per heavy atom. The Labute approximate surface area is 173 Å². The van der Waals surface area contributed by atoms with E-state index < -0.39 is 0 Å². The molecule has 4 rings (SSSR count). The molecule has 1 amide bonds. The number of benzene rings is 2. The highest BCUT2D eigenvalue weighted by Gasteiger charge is 2.33. The van der Waals surface area contributed by atoms with Crippen LogP contribution in [0.2, 0.25) is 0 Å². The summed E-state index contributed by atoms with van der Waals surface area (Å²) in [7, 11) is 1.69. The first-order valence-electron chi connectivity index (χ1n) is 10.6. The smallest absolute Gasteiger partial charge is 0.240 e. The van der Waals surface area contributed by atoms with Crippen molar-refractivity contribution in [3.63, 3.8) is 0 Å². The van der Waals surface area contributed by atoms with Crippen LogP contribution in [-0.2, 0) is 11.3 Å². The van der Waals surface area contributed by atoms with Crippen molar-refractivity contribution >= 4 is 11.5 Å². The van der Waals surface area contributed by atoms with Crippen LogP contribution in [0, 0.1) is 6.92 Å². The summed E-state index contributed by atoms with van der Waals surface area (Å²) in [6, 6.07) is 16.8. The Kier molecular flexibility index (Phi) is 6.00. The normalized spacial score (nSPS) is 20.5. The lowest BCUT2D eigenvalue weighted by molar-refractivity contribution is -0.140. The van der Waals surface area contributed by atoms with Gasteiger partial charge in [-0.05, 0) is 55.0 Å². The molecular weight excluding hydrogens is 360 g/mol. The van der Waals surface area contributed by atoms with Gasteiger partial charge in [-0.1, -0.05) is 48.0 Å². The minimum absolute atomic E-state index is 0.0165. The summed E-state index contributed by atoms with van der Waals surface area (Å²) in [4.78, 5) is 17.6. The molecule has 2 aromatic rings. The van der Waals surface area contributed by atoms with Crippen LogP contribution in [0.3, 0.4) is 0 Å². The number of rotatable bonds is 5. The second-order valence-corrected chi connectivity index (χ2v) is 8.11. The Balaban J connectivity index is 1.39. The predicted molar refractivity (Wildman–Crippen MR) is 117 cm³/mol. The molecule has 4 nitrogen and oxygen atoms in total. The molecule has 0 N–H and O–H groups in total. The zero-order chi connectivity index (χ0) is 20.2. The maximum atomic E-state index is 13.2. The lowest BCUT2D eigenvalue weighted by Gasteiger charge is -2.39. The highest BCUT2D eigenvalue weighted by Crippen LogP contribution is 2.27. The first kappa shape index (κ1) is 19.7. The fourth-order valence-electron chi connectivity index (χ4n) is 4.36. The molecule has 1 atom stereocenters. The number of methoxy groups -OCH3 is 1. The van der Waals surface area contributed by atoms with E-state index in [2.05, 4.69) is 54.3 Å². The molecule has 0 aromatic heterocycles. The standard InChI is InChI=1S/C25H30N2O2/c1-19-5-7-20(8-6-19)18-27-15-3-4-24(25(27)28)26-16-13-22(14-17-26)21-9-11-23(29-2)12-10-21/h5-13,24H,3-4,14-18H2,1-2H3. The van der Waals surface area contributed by atoms with Crippen LogP contribution in [0.15, 0.2) is 54.6 Å². The van der Waals surface area contributed by atoms with Gasteiger partial charge in [-0.15, -0.1) is 0 Å². The van der Waals surface area contributed by atoms with E-state index in [-0.39, 0.29) is 11.9 Å². The fraction of sp³-hybridized carbons (Fsp3) is 0.400. The van der Waals surface area contributed by atoms with Crippen molar-refractivity contribution in [2.24, 2.45) is 0 Å². The van der Waals surface area contributed by atoms with Gasteiger partial charge in [0.25, 0.3) is 0 Å². The largest absolute Gasteiger partial charge is 0.497 e. The minimum Gasteiger partial charge on any atom is -0.497 e. The van der Waals surface area contributed by atoms with Gasteiger partial charge in [0.15, 0.2) is 0 Å². The van der Waals surface area contributed by atoms with Gasteiger partial charge in [-0.25, -0.2) is 0 Å². The van der Waals surface area contributed by atoms with Crippen LogP contribution >= 0.6 is 0 Å². The second-order valence-electron chi connectivity index (χ2n) is 8.11. The third kappa shape index (κ3) is 4.54. The molecule has 29 heavy (non-hydrogen) atoms. The monoisotopic (exact) mass is 390 g/mol. The van der Waals surface area contributed by atoms with E-state index >= 15 is 0 Å². The molecule has 1 saturated heterocycles. The second kappa shape index (κ2) is 8.83. The van der Waals surface area contributed by atoms with Gasteiger partial charge in [0, 0.05) is 26.2 Å². The molecule has 0 aliphatic carbocycles. The first-order chi connectivity index (χ1) is 14.1. The molecule has 152 valence electrons. The molecule has 2 aliphatic rings. The molecule has 2 heterocycles. The molecule has 1 fully saturated rings. The van der Waals surface area contributed by atoms with Crippen molar-refractivity contribution in [1.82, 2.24) is 9.80 Å². The number of hydrogen-bond acceptors (Lipinski definition) is 3. The molecule has 0 saturated carbocycles. The molecule has 2 aliphatic heterocycles. The molecular formula is C25H30N2O2. The summed E-state index contributed by atoms with van der Waals surface area (Å²) >= 11 is 0. The Bertz CT molecular complexity index is 871. The van der Waals surface area contributed by atoms with Gasteiger partial charge in [0.1, 0.15) is 5.75 Å². The zero-order valence-corrected chi connectivity index (χ0v) is 17.4. The molecule has 0 bridgehead atoms. The van der Waals surface area contributed by atoms with Gasteiger partial charge in [-0.3, -0.25) is 9.69 Å². The molecule has 1 unspecified atom stereocenters. The number of nitrogens with zero attached hydrogens (tertiary/aromatic N) is 2. The van der Waals surface area contributed by atoms with E-state index in [9.17, 15) is 4.79 Å². The average Bonchev–Trinajstić information content (AvgIpc) is 2.77. The van der Waals surface area contributed by atoms with E-state index in [1.807, 2.05) is 17.0 Å². The highest BCUT2D eigenvalue weighted by atomic mass is 16.5. The molecule has 0 radical (unpaired) electrons. The van der Waals surface area contributed by atoms with Gasteiger partial charge in [0.2, 0.25) is 5.91 Å². The molecule has 4 heteroatoms. The van der Waals surface area contributed by atoms with Crippen LogP contribution in [0.1, 0.15) is 36.0 Å². The number of carbonyl (C=O) groups excluding carboxylic acids is 1. The van der Waals surface area contributed by atoms with E-state index in [4.69, 9.17) is 4.74 Å². The first-order valence-corrected chi connectivity index (χ1v) is 10.6. The number of carbonyl (C=O) groups is 1. The molecule has 2 aromatic carbocycles. The summed E-state index contributed by atoms with van der Waals surface area (Å²) in [6.45, 7) is 5.46. The summed E-state index contributed by atoms with van der Waals surface area (Å²) in [5.41, 5.74) is 5.08. The quantitative estimate of drug-likeness (QED) is 0.764. The van der Waals surface area contributed by atoms with Gasteiger partial charge < -0.3 is 9.64 Å². The lowest BCUT2D eigenvalue weighted by atomic mass is 9.96. The van der Waals surface area contributed by atoms with E-state index in [1.165, 1.54) is 22.3 Å². The number of likely N-dealkylation sites (tertiary alicyclic amines) is 1. The van der Waals surface area contributed by atoms with Crippen LogP contribution in [0.25, 0.3) is 5.57 Å². The van der Waals surface area contributed by atoms with Crippen LogP contribution in [0.5, 0.6) is 5.75 Å². The summed E-state index contributed by atoms with van der Waals surface area (Å²) in [6.07, 6.45) is 5.31. The highest BCUT2D eigenvalue weighted by molar-refractivity contribution is 5.83. The van der Waals surface area contributed by atoms with Gasteiger partial charge in [-0.2, -0.15) is 0 Å². The number of aryl methyl sites for hydroxylation is 1. The summed E-state index contributed by atoms with van der Waals surface area (Å²) < 4.78 is 5.25. The van der Waals surface area contributed by atoms with E-state index in [0.717, 1.165) is 51.2 Å². The Hall–Kier alpha value is -2.59. The van der Waals surface area contributed by atoms with Crippen molar-refractivity contribution in [3.8, 4) is 5.75 Å². The van der Waals surface area contributed by atoms with Crippen LogP contribution in [0.4, 0.5) is 0 Å². The van der Waals surface area contributed by atoms with Gasteiger partial charge in [0.05, 0.1) is 13.2 Å². The van der Waals surface area contributed by atoms with Gasteiger partial charge >= 0.3 is 0 Å². The minimum atomic E-state index is 0.0165. The Morgan fingerprint density at radius 3 is 2.45 bits per heavy atom. The zero-order valence-electron chi connectivity index (χ0n) is 17.4. The number of piperidine rings is 1. The predicted octanol–water partition coefficient (Wildman–Crippen LogP) is 4.28.